The number of carbonyl (C=O) groups is 1. The molecule has 19 heavy (non-hydrogen) atoms. The van der Waals surface area contributed by atoms with Crippen LogP contribution in [-0.4, -0.2) is 35.8 Å². The summed E-state index contributed by atoms with van der Waals surface area (Å²) in [5, 5.41) is 15.8. The third-order valence-electron chi connectivity index (χ3n) is 3.49. The first-order valence-corrected chi connectivity index (χ1v) is 7.55. The van der Waals surface area contributed by atoms with Crippen LogP contribution in [0.5, 0.6) is 0 Å². The lowest BCUT2D eigenvalue weighted by atomic mass is 10.1. The van der Waals surface area contributed by atoms with Gasteiger partial charge in [-0.3, -0.25) is 0 Å². The normalized spacial score (nSPS) is 16.1. The van der Waals surface area contributed by atoms with Crippen molar-refractivity contribution in [3.63, 3.8) is 0 Å². The van der Waals surface area contributed by atoms with Crippen LogP contribution in [0.4, 0.5) is 4.79 Å². The number of carbonyl (C=O) groups excluding carboxylic acids is 1. The molecule has 1 aromatic rings. The lowest BCUT2D eigenvalue weighted by Gasteiger charge is -2.13. The minimum absolute atomic E-state index is 0.0390. The Morgan fingerprint density at radius 3 is 2.89 bits per heavy atom. The maximum atomic E-state index is 11.6. The minimum atomic E-state index is -0.160. The number of aromatic nitrogens is 1. The zero-order valence-corrected chi connectivity index (χ0v) is 12.1. The molecule has 106 valence electrons. The smallest absolute Gasteiger partial charge is 0.314 e. The Morgan fingerprint density at radius 1 is 1.53 bits per heavy atom. The Bertz CT molecular complexity index is 429. The molecule has 0 saturated heterocycles. The van der Waals surface area contributed by atoms with Gasteiger partial charge < -0.3 is 15.7 Å². The predicted molar refractivity (Wildman–Crippen MR) is 75.4 cm³/mol. The molecule has 0 aliphatic heterocycles. The van der Waals surface area contributed by atoms with Gasteiger partial charge in [-0.25, -0.2) is 9.78 Å². The number of hydrogen-bond acceptors (Lipinski definition) is 4. The molecule has 0 spiro atoms. The summed E-state index contributed by atoms with van der Waals surface area (Å²) < 4.78 is 0. The van der Waals surface area contributed by atoms with Gasteiger partial charge in [0.05, 0.1) is 11.6 Å². The largest absolute Gasteiger partial charge is 0.396 e. The molecule has 6 heteroatoms. The summed E-state index contributed by atoms with van der Waals surface area (Å²) in [5.74, 6) is 0. The fourth-order valence-electron chi connectivity index (χ4n) is 1.81. The molecule has 1 aromatic heterocycles. The standard InChI is InChI=1S/C13H21N3O2S/c1-2-10-7-15-11(19-10)3-6-14-12(18)16-8-13(9-17)4-5-13/h7,17H,2-6,8-9H2,1H3,(H2,14,16,18). The number of urea groups is 1. The first kappa shape index (κ1) is 14.3. The number of aliphatic hydroxyl groups excluding tert-OH is 1. The summed E-state index contributed by atoms with van der Waals surface area (Å²) in [6.07, 6.45) is 5.68. The molecule has 0 unspecified atom stereocenters. The highest BCUT2D eigenvalue weighted by Crippen LogP contribution is 2.44. The van der Waals surface area contributed by atoms with Crippen LogP contribution in [0.2, 0.25) is 0 Å². The van der Waals surface area contributed by atoms with E-state index in [9.17, 15) is 4.79 Å². The summed E-state index contributed by atoms with van der Waals surface area (Å²) in [4.78, 5) is 17.1. The lowest BCUT2D eigenvalue weighted by Crippen LogP contribution is -2.40. The van der Waals surface area contributed by atoms with Crippen LogP contribution in [0.1, 0.15) is 29.7 Å². The van der Waals surface area contributed by atoms with Gasteiger partial charge in [0, 0.05) is 36.0 Å². The molecule has 2 amide bonds. The van der Waals surface area contributed by atoms with Crippen molar-refractivity contribution in [2.75, 3.05) is 19.7 Å². The monoisotopic (exact) mass is 283 g/mol. The molecule has 1 fully saturated rings. The van der Waals surface area contributed by atoms with Crippen molar-refractivity contribution in [2.24, 2.45) is 5.41 Å². The molecule has 3 N–H and O–H groups in total. The van der Waals surface area contributed by atoms with Crippen molar-refractivity contribution < 1.29 is 9.90 Å². The number of amides is 2. The van der Waals surface area contributed by atoms with Gasteiger partial charge in [-0.05, 0) is 19.3 Å². The van der Waals surface area contributed by atoms with Gasteiger partial charge in [0.2, 0.25) is 0 Å². The summed E-state index contributed by atoms with van der Waals surface area (Å²) in [6, 6.07) is -0.160. The topological polar surface area (TPSA) is 74.2 Å². The van der Waals surface area contributed by atoms with Gasteiger partial charge in [0.1, 0.15) is 0 Å². The van der Waals surface area contributed by atoms with Crippen LogP contribution in [0.25, 0.3) is 0 Å². The molecule has 1 aliphatic rings. The van der Waals surface area contributed by atoms with Crippen molar-refractivity contribution in [3.8, 4) is 0 Å². The van der Waals surface area contributed by atoms with Gasteiger partial charge >= 0.3 is 6.03 Å². The van der Waals surface area contributed by atoms with E-state index in [1.807, 2.05) is 6.20 Å². The van der Waals surface area contributed by atoms with E-state index in [0.717, 1.165) is 30.7 Å². The average Bonchev–Trinajstić information content (AvgIpc) is 3.07. The quantitative estimate of drug-likeness (QED) is 0.706. The van der Waals surface area contributed by atoms with Crippen molar-refractivity contribution in [2.45, 2.75) is 32.6 Å². The third-order valence-corrected chi connectivity index (χ3v) is 4.69. The van der Waals surface area contributed by atoms with E-state index in [1.54, 1.807) is 11.3 Å². The van der Waals surface area contributed by atoms with E-state index < -0.39 is 0 Å². The van der Waals surface area contributed by atoms with Crippen LogP contribution in [-0.2, 0) is 12.8 Å². The lowest BCUT2D eigenvalue weighted by molar-refractivity contribution is 0.203. The Labute approximate surface area is 117 Å². The summed E-state index contributed by atoms with van der Waals surface area (Å²) in [6.45, 7) is 3.42. The van der Waals surface area contributed by atoms with Crippen molar-refractivity contribution in [3.05, 3.63) is 16.1 Å². The predicted octanol–water partition coefficient (Wildman–Crippen LogP) is 1.32. The van der Waals surface area contributed by atoms with Gasteiger partial charge in [0.15, 0.2) is 0 Å². The molecular formula is C13H21N3O2S. The second-order valence-corrected chi connectivity index (χ2v) is 6.29. The second kappa shape index (κ2) is 6.34. The Kier molecular flexibility index (Phi) is 4.76. The highest BCUT2D eigenvalue weighted by molar-refractivity contribution is 7.11. The van der Waals surface area contributed by atoms with Crippen molar-refractivity contribution in [1.29, 1.82) is 0 Å². The Balaban J connectivity index is 1.61. The fourth-order valence-corrected chi connectivity index (χ4v) is 2.67. The number of nitrogens with one attached hydrogen (secondary N) is 2. The maximum Gasteiger partial charge on any atom is 0.314 e. The second-order valence-electron chi connectivity index (χ2n) is 5.09. The molecular weight excluding hydrogens is 262 g/mol. The number of hydrogen-bond donors (Lipinski definition) is 3. The van der Waals surface area contributed by atoms with Gasteiger partial charge in [-0.1, -0.05) is 6.92 Å². The van der Waals surface area contributed by atoms with Gasteiger partial charge in [-0.2, -0.15) is 0 Å². The molecule has 0 bridgehead atoms. The van der Waals surface area contributed by atoms with E-state index in [0.29, 0.717) is 13.1 Å². The van der Waals surface area contributed by atoms with Crippen LogP contribution in [0.3, 0.4) is 0 Å². The zero-order chi connectivity index (χ0) is 13.7. The summed E-state index contributed by atoms with van der Waals surface area (Å²) in [7, 11) is 0. The van der Waals surface area contributed by atoms with Gasteiger partial charge in [-0.15, -0.1) is 11.3 Å². The van der Waals surface area contributed by atoms with Crippen LogP contribution in [0.15, 0.2) is 6.20 Å². The number of thiazole rings is 1. The first-order valence-electron chi connectivity index (χ1n) is 6.73. The van der Waals surface area contributed by atoms with Crippen molar-refractivity contribution in [1.82, 2.24) is 15.6 Å². The number of rotatable bonds is 7. The van der Waals surface area contributed by atoms with E-state index in [4.69, 9.17) is 5.11 Å². The summed E-state index contributed by atoms with van der Waals surface area (Å²) in [5.41, 5.74) is -0.0390. The van der Waals surface area contributed by atoms with Crippen LogP contribution < -0.4 is 10.6 Å². The van der Waals surface area contributed by atoms with Gasteiger partial charge in [0.25, 0.3) is 0 Å². The van der Waals surface area contributed by atoms with Crippen LogP contribution >= 0.6 is 11.3 Å². The summed E-state index contributed by atoms with van der Waals surface area (Å²) >= 11 is 1.70. The Hall–Kier alpha value is -1.14. The maximum absolute atomic E-state index is 11.6. The number of nitrogens with zero attached hydrogens (tertiary/aromatic N) is 1. The van der Waals surface area contributed by atoms with E-state index >= 15 is 0 Å². The minimum Gasteiger partial charge on any atom is -0.396 e. The SMILES string of the molecule is CCc1cnc(CCNC(=O)NCC2(CO)CC2)s1. The zero-order valence-electron chi connectivity index (χ0n) is 11.2. The Morgan fingerprint density at radius 2 is 2.32 bits per heavy atom. The first-order chi connectivity index (χ1) is 9.17. The molecule has 1 heterocycles. The highest BCUT2D eigenvalue weighted by atomic mass is 32.1. The van der Waals surface area contributed by atoms with E-state index in [1.165, 1.54) is 4.88 Å². The van der Waals surface area contributed by atoms with E-state index in [-0.39, 0.29) is 18.1 Å². The molecule has 0 atom stereocenters. The fraction of sp³-hybridized carbons (Fsp3) is 0.692. The number of aliphatic hydroxyl groups is 1. The molecule has 0 aromatic carbocycles. The average molecular weight is 283 g/mol. The molecule has 1 saturated carbocycles. The third kappa shape index (κ3) is 4.18. The molecule has 5 nitrogen and oxygen atoms in total. The van der Waals surface area contributed by atoms with E-state index in [2.05, 4.69) is 22.5 Å². The highest BCUT2D eigenvalue weighted by Gasteiger charge is 2.42. The molecule has 2 rings (SSSR count). The van der Waals surface area contributed by atoms with Crippen molar-refractivity contribution >= 4 is 17.4 Å². The molecule has 1 aliphatic carbocycles. The molecule has 0 radical (unpaired) electrons. The van der Waals surface area contributed by atoms with Crippen LogP contribution in [0, 0.1) is 5.41 Å². The number of aryl methyl sites for hydroxylation is 1.